The molecule has 1 aromatic carbocycles. The predicted octanol–water partition coefficient (Wildman–Crippen LogP) is 3.98. The van der Waals surface area contributed by atoms with Crippen LogP contribution in [0.5, 0.6) is 11.8 Å². The first-order chi connectivity index (χ1) is 16.9. The normalized spacial score (nSPS) is 23.6. The van der Waals surface area contributed by atoms with Crippen LogP contribution in [0.3, 0.4) is 0 Å². The summed E-state index contributed by atoms with van der Waals surface area (Å²) in [7, 11) is 1.43. The van der Waals surface area contributed by atoms with Gasteiger partial charge in [0.15, 0.2) is 11.6 Å². The molecule has 1 aliphatic heterocycles. The minimum atomic E-state index is -0.477. The van der Waals surface area contributed by atoms with Crippen molar-refractivity contribution in [3.63, 3.8) is 0 Å². The highest BCUT2D eigenvalue weighted by atomic mass is 19.1. The van der Waals surface area contributed by atoms with Crippen molar-refractivity contribution in [2.75, 3.05) is 37.4 Å². The van der Waals surface area contributed by atoms with Gasteiger partial charge in [0, 0.05) is 23.8 Å². The first-order valence-electron chi connectivity index (χ1n) is 12.6. The quantitative estimate of drug-likeness (QED) is 0.458. The summed E-state index contributed by atoms with van der Waals surface area (Å²) in [6, 6.07) is 5.35. The highest BCUT2D eigenvalue weighted by Crippen LogP contribution is 2.27. The average molecular weight is 489 g/mol. The summed E-state index contributed by atoms with van der Waals surface area (Å²) >= 11 is 0. The molecule has 4 rings (SSSR count). The van der Waals surface area contributed by atoms with E-state index in [2.05, 4.69) is 44.3 Å². The Morgan fingerprint density at radius 2 is 1.91 bits per heavy atom. The second-order valence-corrected chi connectivity index (χ2v) is 9.50. The molecule has 0 radical (unpaired) electrons. The number of anilines is 3. The summed E-state index contributed by atoms with van der Waals surface area (Å²) in [6.45, 7) is 6.91. The van der Waals surface area contributed by atoms with E-state index in [9.17, 15) is 9.50 Å². The molecule has 10 heteroatoms. The van der Waals surface area contributed by atoms with Gasteiger partial charge in [-0.1, -0.05) is 6.92 Å². The van der Waals surface area contributed by atoms with Crippen LogP contribution in [0, 0.1) is 11.7 Å². The number of aliphatic hydroxyl groups excluding tert-OH is 1. The number of benzene rings is 1. The Hall–Kier alpha value is -2.72. The van der Waals surface area contributed by atoms with Gasteiger partial charge in [0.1, 0.15) is 0 Å². The lowest BCUT2D eigenvalue weighted by molar-refractivity contribution is 0.0899. The number of likely N-dealkylation sites (N-methyl/N-ethyl adjacent to an activating group) is 1. The van der Waals surface area contributed by atoms with Crippen LogP contribution in [-0.4, -0.2) is 70.0 Å². The molecule has 2 atom stereocenters. The molecule has 35 heavy (non-hydrogen) atoms. The van der Waals surface area contributed by atoms with Crippen molar-refractivity contribution in [2.24, 2.45) is 5.92 Å². The van der Waals surface area contributed by atoms with Crippen LogP contribution in [0.4, 0.5) is 22.0 Å². The van der Waals surface area contributed by atoms with Crippen LogP contribution in [-0.2, 0) is 0 Å². The molecular weight excluding hydrogens is 451 g/mol. The molecule has 192 valence electrons. The Bertz CT molecular complexity index is 972. The van der Waals surface area contributed by atoms with Gasteiger partial charge in [0.25, 0.3) is 0 Å². The topological polar surface area (TPSA) is 105 Å². The van der Waals surface area contributed by atoms with Crippen molar-refractivity contribution < 1.29 is 19.0 Å². The van der Waals surface area contributed by atoms with Crippen LogP contribution in [0.15, 0.2) is 18.2 Å². The Morgan fingerprint density at radius 1 is 1.14 bits per heavy atom. The zero-order valence-electron chi connectivity index (χ0n) is 20.8. The van der Waals surface area contributed by atoms with E-state index in [4.69, 9.17) is 9.47 Å². The summed E-state index contributed by atoms with van der Waals surface area (Å²) in [5.74, 6) is 0.735. The van der Waals surface area contributed by atoms with Crippen molar-refractivity contribution >= 4 is 17.6 Å². The molecule has 0 bridgehead atoms. The van der Waals surface area contributed by atoms with E-state index < -0.39 is 5.82 Å². The monoisotopic (exact) mass is 488 g/mol. The van der Waals surface area contributed by atoms with Gasteiger partial charge < -0.3 is 25.2 Å². The number of hydrogen-bond donors (Lipinski definition) is 3. The van der Waals surface area contributed by atoms with Gasteiger partial charge in [0.05, 0.1) is 19.8 Å². The molecular formula is C25H37FN6O3. The smallest absolute Gasteiger partial charge is 0.323 e. The van der Waals surface area contributed by atoms with Gasteiger partial charge in [-0.15, -0.1) is 0 Å². The maximum atomic E-state index is 14.2. The standard InChI is InChI=1S/C25H37FN6O3/c1-4-32-13-5-6-21(32)16(2)27-23-29-24(28-18-9-12-22(34-3)20(26)14-18)31-25(30-23)35-15-17-7-10-19(33)11-8-17/h9,12,14,16-17,19,21,33H,4-8,10-11,13,15H2,1-3H3,(H2,27,28,29,30,31). The highest BCUT2D eigenvalue weighted by Gasteiger charge is 2.29. The van der Waals surface area contributed by atoms with Crippen LogP contribution < -0.4 is 20.1 Å². The molecule has 2 aromatic rings. The van der Waals surface area contributed by atoms with E-state index in [1.54, 1.807) is 12.1 Å². The minimum Gasteiger partial charge on any atom is -0.494 e. The predicted molar refractivity (Wildman–Crippen MR) is 133 cm³/mol. The fraction of sp³-hybridized carbons (Fsp3) is 0.640. The number of hydrogen-bond acceptors (Lipinski definition) is 9. The van der Waals surface area contributed by atoms with E-state index in [-0.39, 0.29) is 29.9 Å². The van der Waals surface area contributed by atoms with E-state index in [1.165, 1.54) is 19.6 Å². The summed E-state index contributed by atoms with van der Waals surface area (Å²) in [5, 5.41) is 16.3. The van der Waals surface area contributed by atoms with E-state index >= 15 is 0 Å². The van der Waals surface area contributed by atoms with Crippen LogP contribution >= 0.6 is 0 Å². The lowest BCUT2D eigenvalue weighted by atomic mass is 9.88. The van der Waals surface area contributed by atoms with Gasteiger partial charge in [-0.2, -0.15) is 15.0 Å². The Kier molecular flexibility index (Phi) is 8.56. The molecule has 3 N–H and O–H groups in total. The first kappa shape index (κ1) is 25.4. The molecule has 2 aliphatic rings. The summed E-state index contributed by atoms with van der Waals surface area (Å²) in [5.41, 5.74) is 0.494. The van der Waals surface area contributed by atoms with Crippen LogP contribution in [0.1, 0.15) is 52.4 Å². The second-order valence-electron chi connectivity index (χ2n) is 9.50. The molecule has 1 aliphatic carbocycles. The maximum Gasteiger partial charge on any atom is 0.323 e. The third kappa shape index (κ3) is 6.70. The second kappa shape index (κ2) is 11.8. The molecule has 1 aromatic heterocycles. The van der Waals surface area contributed by atoms with Gasteiger partial charge in [0.2, 0.25) is 11.9 Å². The van der Waals surface area contributed by atoms with E-state index in [0.29, 0.717) is 30.2 Å². The largest absolute Gasteiger partial charge is 0.494 e. The van der Waals surface area contributed by atoms with Gasteiger partial charge in [-0.05, 0) is 76.6 Å². The number of nitrogens with one attached hydrogen (secondary N) is 2. The van der Waals surface area contributed by atoms with E-state index in [0.717, 1.165) is 45.2 Å². The number of methoxy groups -OCH3 is 1. The van der Waals surface area contributed by atoms with Gasteiger partial charge in [-0.25, -0.2) is 4.39 Å². The number of halogens is 1. The van der Waals surface area contributed by atoms with Crippen LogP contribution in [0.25, 0.3) is 0 Å². The molecule has 2 fully saturated rings. The van der Waals surface area contributed by atoms with Crippen molar-refractivity contribution in [3.05, 3.63) is 24.0 Å². The fourth-order valence-corrected chi connectivity index (χ4v) is 5.03. The number of aromatic nitrogens is 3. The molecule has 2 heterocycles. The Balaban J connectivity index is 1.51. The Morgan fingerprint density at radius 3 is 2.63 bits per heavy atom. The number of likely N-dealkylation sites (tertiary alicyclic amines) is 1. The fourth-order valence-electron chi connectivity index (χ4n) is 5.03. The van der Waals surface area contributed by atoms with Crippen molar-refractivity contribution in [3.8, 4) is 11.8 Å². The first-order valence-corrected chi connectivity index (χ1v) is 12.6. The minimum absolute atomic E-state index is 0.138. The van der Waals surface area contributed by atoms with Crippen molar-refractivity contribution in [2.45, 2.75) is 70.6 Å². The van der Waals surface area contributed by atoms with Gasteiger partial charge >= 0.3 is 6.01 Å². The summed E-state index contributed by atoms with van der Waals surface area (Å²) in [4.78, 5) is 16.0. The Labute approximate surface area is 206 Å². The molecule has 0 amide bonds. The van der Waals surface area contributed by atoms with Crippen molar-refractivity contribution in [1.29, 1.82) is 0 Å². The number of nitrogens with zero attached hydrogens (tertiary/aromatic N) is 4. The third-order valence-corrected chi connectivity index (χ3v) is 7.04. The van der Waals surface area contributed by atoms with Crippen molar-refractivity contribution in [1.82, 2.24) is 19.9 Å². The highest BCUT2D eigenvalue weighted by molar-refractivity contribution is 5.56. The SMILES string of the molecule is CCN1CCCC1C(C)Nc1nc(Nc2ccc(OC)c(F)c2)nc(OCC2CCC(O)CC2)n1. The molecule has 0 spiro atoms. The molecule has 2 unspecified atom stereocenters. The molecule has 1 saturated carbocycles. The third-order valence-electron chi connectivity index (χ3n) is 7.04. The lowest BCUT2D eigenvalue weighted by Gasteiger charge is -2.29. The number of ether oxygens (including phenoxy) is 2. The summed E-state index contributed by atoms with van der Waals surface area (Å²) in [6.07, 6.45) is 5.52. The maximum absolute atomic E-state index is 14.2. The lowest BCUT2D eigenvalue weighted by Crippen LogP contribution is -2.41. The molecule has 1 saturated heterocycles. The zero-order valence-corrected chi connectivity index (χ0v) is 20.8. The van der Waals surface area contributed by atoms with E-state index in [1.807, 2.05) is 0 Å². The number of aliphatic hydroxyl groups is 1. The van der Waals surface area contributed by atoms with Crippen LogP contribution in [0.2, 0.25) is 0 Å². The number of rotatable bonds is 10. The summed E-state index contributed by atoms with van der Waals surface area (Å²) < 4.78 is 25.2. The zero-order chi connectivity index (χ0) is 24.8. The molecule has 9 nitrogen and oxygen atoms in total. The average Bonchev–Trinajstić information content (AvgIpc) is 3.33. The van der Waals surface area contributed by atoms with Gasteiger partial charge in [-0.3, -0.25) is 4.90 Å².